The lowest BCUT2D eigenvalue weighted by atomic mass is 10.0. The summed E-state index contributed by atoms with van der Waals surface area (Å²) in [5.41, 5.74) is 5.48. The Kier molecular flexibility index (Phi) is 12.0. The number of carbonyl (C=O) groups is 1. The molecule has 0 unspecified atom stereocenters. The monoisotopic (exact) mass is 840 g/mol. The molecule has 16 heteroatoms. The van der Waals surface area contributed by atoms with Crippen LogP contribution in [0.5, 0.6) is 0 Å². The van der Waals surface area contributed by atoms with Crippen molar-refractivity contribution in [2.24, 2.45) is 0 Å². The number of ether oxygens (including phenoxy) is 2. The first-order valence-corrected chi connectivity index (χ1v) is 22.2. The zero-order chi connectivity index (χ0) is 41.4. The number of para-hydroxylation sites is 2. The highest BCUT2D eigenvalue weighted by Gasteiger charge is 2.41. The molecule has 310 valence electrons. The summed E-state index contributed by atoms with van der Waals surface area (Å²) in [7, 11) is -7.80. The number of aryl methyl sites for hydroxylation is 3. The zero-order valence-corrected chi connectivity index (χ0v) is 34.2. The fourth-order valence-electron chi connectivity index (χ4n) is 8.56. The Morgan fingerprint density at radius 1 is 0.655 bits per heavy atom. The molecule has 11 nitrogen and oxygen atoms in total. The predicted molar refractivity (Wildman–Crippen MR) is 213 cm³/mol. The number of amides is 1. The van der Waals surface area contributed by atoms with Crippen molar-refractivity contribution in [2.45, 2.75) is 87.7 Å². The van der Waals surface area contributed by atoms with Crippen molar-refractivity contribution < 1.29 is 44.3 Å². The second-order valence-corrected chi connectivity index (χ2v) is 18.9. The van der Waals surface area contributed by atoms with Crippen LogP contribution in [-0.2, 0) is 48.9 Å². The van der Waals surface area contributed by atoms with Crippen molar-refractivity contribution in [1.82, 2.24) is 8.61 Å². The van der Waals surface area contributed by atoms with E-state index in [0.717, 1.165) is 55.6 Å². The van der Waals surface area contributed by atoms with Crippen molar-refractivity contribution in [1.29, 1.82) is 0 Å². The number of nitrogens with zero attached hydrogens (tertiary/aromatic N) is 4. The molecular formula is C42H47F3N4O7S2. The lowest BCUT2D eigenvalue weighted by Crippen LogP contribution is -2.50. The van der Waals surface area contributed by atoms with Crippen molar-refractivity contribution in [3.8, 4) is 0 Å². The van der Waals surface area contributed by atoms with Crippen molar-refractivity contribution in [3.63, 3.8) is 0 Å². The lowest BCUT2D eigenvalue weighted by molar-refractivity contribution is -0.139. The molecule has 0 saturated carbocycles. The van der Waals surface area contributed by atoms with Crippen LogP contribution in [-0.4, -0.2) is 76.5 Å². The minimum Gasteiger partial charge on any atom is -0.444 e. The standard InChI is InChI=1S/C22H26N2O4S.C20H21F3N2O3S/c1-15-12-16(2)21(17(3)13-15)29(26,27)23-10-8-19(9-11-23)24-20-7-5-4-6-18(20)14-28-22(24)25;21-20(22,23)17-6-2-4-8-19(17)29(26,27)24-11-9-16(10-12-24)25-14-28-13-15-5-1-3-7-18(15)25/h4-7,12-13,19H,8-11,14H2,1-3H3;1-8,16H,9-14H2. The molecule has 4 aliphatic rings. The van der Waals surface area contributed by atoms with Gasteiger partial charge < -0.3 is 14.4 Å². The molecule has 2 saturated heterocycles. The third-order valence-corrected chi connectivity index (χ3v) is 15.4. The fraction of sp³-hybridized carbons (Fsp3) is 0.405. The molecule has 0 aromatic heterocycles. The maximum absolute atomic E-state index is 13.3. The molecule has 0 aliphatic carbocycles. The minimum absolute atomic E-state index is 0.0701. The average molecular weight is 841 g/mol. The molecule has 0 N–H and O–H groups in total. The number of anilines is 2. The number of piperidine rings is 2. The Hall–Kier alpha value is -4.48. The van der Waals surface area contributed by atoms with Gasteiger partial charge in [0, 0.05) is 55.1 Å². The normalized spacial score (nSPS) is 18.8. The highest BCUT2D eigenvalue weighted by molar-refractivity contribution is 7.89. The number of cyclic esters (lactones) is 1. The summed E-state index contributed by atoms with van der Waals surface area (Å²) < 4.78 is 106. The summed E-state index contributed by atoms with van der Waals surface area (Å²) in [4.78, 5) is 16.0. The van der Waals surface area contributed by atoms with Gasteiger partial charge in [0.05, 0.1) is 27.6 Å². The molecule has 2 fully saturated rings. The van der Waals surface area contributed by atoms with Crippen LogP contribution in [0.3, 0.4) is 0 Å². The van der Waals surface area contributed by atoms with Gasteiger partial charge in [-0.05, 0) is 81.8 Å². The van der Waals surface area contributed by atoms with Gasteiger partial charge in [-0.1, -0.05) is 66.2 Å². The second-order valence-electron chi connectivity index (χ2n) is 15.1. The third kappa shape index (κ3) is 8.35. The predicted octanol–water partition coefficient (Wildman–Crippen LogP) is 7.77. The first-order valence-electron chi connectivity index (χ1n) is 19.3. The van der Waals surface area contributed by atoms with Gasteiger partial charge in [-0.2, -0.15) is 21.8 Å². The molecule has 1 amide bonds. The van der Waals surface area contributed by atoms with E-state index >= 15 is 0 Å². The molecule has 58 heavy (non-hydrogen) atoms. The number of hydrogen-bond acceptors (Lipinski definition) is 8. The quantitative estimate of drug-likeness (QED) is 0.194. The summed E-state index contributed by atoms with van der Waals surface area (Å²) in [5, 5.41) is 0. The van der Waals surface area contributed by atoms with Crippen molar-refractivity contribution in [3.05, 3.63) is 118 Å². The fourth-order valence-corrected chi connectivity index (χ4v) is 12.1. The van der Waals surface area contributed by atoms with Crippen LogP contribution in [0.25, 0.3) is 0 Å². The summed E-state index contributed by atoms with van der Waals surface area (Å²) in [6.45, 7) is 8.00. The molecule has 0 atom stereocenters. The summed E-state index contributed by atoms with van der Waals surface area (Å²) in [6.07, 6.45) is -2.89. The number of alkyl halides is 3. The van der Waals surface area contributed by atoms with E-state index in [1.54, 1.807) is 9.21 Å². The Balaban J connectivity index is 0.000000177. The van der Waals surface area contributed by atoms with Crippen molar-refractivity contribution >= 4 is 37.5 Å². The van der Waals surface area contributed by atoms with Gasteiger partial charge >= 0.3 is 12.3 Å². The Morgan fingerprint density at radius 3 is 1.79 bits per heavy atom. The number of benzene rings is 4. The Labute approximate surface area is 338 Å². The van der Waals surface area contributed by atoms with E-state index in [1.807, 2.05) is 81.4 Å². The van der Waals surface area contributed by atoms with Crippen LogP contribution in [0.2, 0.25) is 0 Å². The van der Waals surface area contributed by atoms with Crippen molar-refractivity contribution in [2.75, 3.05) is 42.7 Å². The highest BCUT2D eigenvalue weighted by atomic mass is 32.2. The first kappa shape index (κ1) is 41.7. The number of fused-ring (bicyclic) bond motifs is 2. The van der Waals surface area contributed by atoms with Crippen LogP contribution in [0.1, 0.15) is 59.1 Å². The number of rotatable bonds is 6. The molecule has 0 radical (unpaired) electrons. The van der Waals surface area contributed by atoms with Gasteiger partial charge in [-0.3, -0.25) is 4.90 Å². The molecule has 4 heterocycles. The van der Waals surface area contributed by atoms with Crippen LogP contribution in [0.15, 0.2) is 94.7 Å². The maximum Gasteiger partial charge on any atom is 0.417 e. The number of carbonyl (C=O) groups excluding carboxylic acids is 1. The van der Waals surface area contributed by atoms with Gasteiger partial charge in [-0.25, -0.2) is 21.6 Å². The van der Waals surface area contributed by atoms with Gasteiger partial charge in [0.2, 0.25) is 20.0 Å². The topological polar surface area (TPSA) is 117 Å². The maximum atomic E-state index is 13.3. The van der Waals surface area contributed by atoms with Crippen LogP contribution < -0.4 is 9.80 Å². The number of sulfonamides is 2. The highest BCUT2D eigenvalue weighted by Crippen LogP contribution is 2.38. The molecular weight excluding hydrogens is 794 g/mol. The van der Waals surface area contributed by atoms with Gasteiger partial charge in [0.25, 0.3) is 0 Å². The zero-order valence-electron chi connectivity index (χ0n) is 32.6. The van der Waals surface area contributed by atoms with Gasteiger partial charge in [-0.15, -0.1) is 0 Å². The van der Waals surface area contributed by atoms with E-state index in [4.69, 9.17) is 9.47 Å². The molecule has 0 spiro atoms. The SMILES string of the molecule is Cc1cc(C)c(S(=O)(=O)N2CCC(N3C(=O)OCc4ccccc43)CC2)c(C)c1.O=S(=O)(c1ccccc1C(F)(F)F)N1CCC(N2COCc3ccccc32)CC1. The number of hydrogen-bond donors (Lipinski definition) is 0. The Bertz CT molecular complexity index is 2350. The van der Waals surface area contributed by atoms with E-state index in [1.165, 1.54) is 12.1 Å². The van der Waals surface area contributed by atoms with E-state index in [0.29, 0.717) is 57.0 Å². The average Bonchev–Trinajstić information content (AvgIpc) is 3.20. The van der Waals surface area contributed by atoms with E-state index < -0.39 is 36.7 Å². The molecule has 8 rings (SSSR count). The molecule has 4 aliphatic heterocycles. The number of halogens is 3. The van der Waals surface area contributed by atoms with E-state index in [2.05, 4.69) is 4.90 Å². The molecule has 4 aromatic rings. The second kappa shape index (κ2) is 16.6. The third-order valence-electron chi connectivity index (χ3n) is 11.3. The van der Waals surface area contributed by atoms with Gasteiger partial charge in [0.15, 0.2) is 0 Å². The first-order chi connectivity index (χ1) is 27.6. The summed E-state index contributed by atoms with van der Waals surface area (Å²) >= 11 is 0. The summed E-state index contributed by atoms with van der Waals surface area (Å²) in [6, 6.07) is 23.8. The van der Waals surface area contributed by atoms with Crippen LogP contribution in [0.4, 0.5) is 29.3 Å². The van der Waals surface area contributed by atoms with Crippen LogP contribution >= 0.6 is 0 Å². The smallest absolute Gasteiger partial charge is 0.417 e. The van der Waals surface area contributed by atoms with Gasteiger partial charge in [0.1, 0.15) is 13.3 Å². The molecule has 0 bridgehead atoms. The minimum atomic E-state index is -4.73. The van der Waals surface area contributed by atoms with E-state index in [9.17, 15) is 34.8 Å². The van der Waals surface area contributed by atoms with E-state index in [-0.39, 0.29) is 37.9 Å². The lowest BCUT2D eigenvalue weighted by Gasteiger charge is -2.41. The molecule has 4 aromatic carbocycles. The Morgan fingerprint density at radius 2 is 1.17 bits per heavy atom. The largest absolute Gasteiger partial charge is 0.444 e. The summed E-state index contributed by atoms with van der Waals surface area (Å²) in [5.74, 6) is 0. The van der Waals surface area contributed by atoms with Crippen LogP contribution in [0, 0.1) is 20.8 Å².